The molecule has 2 aromatic rings. The van der Waals surface area contributed by atoms with Crippen LogP contribution in [0.25, 0.3) is 0 Å². The average molecular weight is 375 g/mol. The van der Waals surface area contributed by atoms with Crippen LogP contribution in [0.15, 0.2) is 48.8 Å². The fourth-order valence-electron chi connectivity index (χ4n) is 4.28. The molecule has 3 heterocycles. The predicted molar refractivity (Wildman–Crippen MR) is 108 cm³/mol. The molecule has 2 aliphatic heterocycles. The molecule has 2 fully saturated rings. The Morgan fingerprint density at radius 2 is 1.64 bits per heavy atom. The van der Waals surface area contributed by atoms with E-state index >= 15 is 0 Å². The number of para-hydroxylation sites is 1. The van der Waals surface area contributed by atoms with Crippen LogP contribution in [0.3, 0.4) is 0 Å². The number of likely N-dealkylation sites (tertiary alicyclic amines) is 1. The maximum atomic E-state index is 12.6. The van der Waals surface area contributed by atoms with Crippen LogP contribution in [-0.2, 0) is 0 Å². The van der Waals surface area contributed by atoms with Crippen molar-refractivity contribution in [3.8, 4) is 6.07 Å². The van der Waals surface area contributed by atoms with E-state index < -0.39 is 0 Å². The molecule has 0 N–H and O–H groups in total. The number of amides is 1. The molecular weight excluding hydrogens is 350 g/mol. The number of carbonyl (C=O) groups excluding carboxylic acids is 1. The van der Waals surface area contributed by atoms with Gasteiger partial charge < -0.3 is 9.80 Å². The Hall–Kier alpha value is -2.91. The molecule has 0 spiro atoms. The van der Waals surface area contributed by atoms with Gasteiger partial charge in [0.25, 0.3) is 5.91 Å². The summed E-state index contributed by atoms with van der Waals surface area (Å²) in [5, 5.41) is 9.33. The Labute approximate surface area is 166 Å². The highest BCUT2D eigenvalue weighted by molar-refractivity contribution is 5.94. The average Bonchev–Trinajstić information content (AvgIpc) is 2.79. The van der Waals surface area contributed by atoms with Gasteiger partial charge in [-0.1, -0.05) is 12.1 Å². The number of piperazine rings is 1. The summed E-state index contributed by atoms with van der Waals surface area (Å²) in [6.45, 7) is 5.50. The van der Waals surface area contributed by atoms with Crippen LogP contribution in [0.5, 0.6) is 0 Å². The fourth-order valence-corrected chi connectivity index (χ4v) is 4.28. The van der Waals surface area contributed by atoms with Crippen LogP contribution in [0.2, 0.25) is 0 Å². The number of nitrogens with zero attached hydrogens (tertiary/aromatic N) is 5. The first-order chi connectivity index (χ1) is 13.8. The number of pyridine rings is 1. The number of anilines is 1. The second-order valence-corrected chi connectivity index (χ2v) is 7.41. The van der Waals surface area contributed by atoms with Gasteiger partial charge in [0.1, 0.15) is 6.07 Å². The van der Waals surface area contributed by atoms with E-state index in [1.54, 1.807) is 24.5 Å². The molecule has 0 radical (unpaired) electrons. The second-order valence-electron chi connectivity index (χ2n) is 7.41. The summed E-state index contributed by atoms with van der Waals surface area (Å²) in [6.07, 6.45) is 5.38. The van der Waals surface area contributed by atoms with Gasteiger partial charge in [-0.3, -0.25) is 14.7 Å². The first kappa shape index (κ1) is 18.5. The monoisotopic (exact) mass is 375 g/mol. The zero-order chi connectivity index (χ0) is 19.3. The number of hydrogen-bond donors (Lipinski definition) is 0. The highest BCUT2D eigenvalue weighted by Gasteiger charge is 2.29. The van der Waals surface area contributed by atoms with Gasteiger partial charge in [0.15, 0.2) is 0 Å². The first-order valence-electron chi connectivity index (χ1n) is 9.93. The van der Waals surface area contributed by atoms with E-state index in [-0.39, 0.29) is 5.91 Å². The van der Waals surface area contributed by atoms with E-state index in [2.05, 4.69) is 20.9 Å². The Morgan fingerprint density at radius 3 is 2.32 bits per heavy atom. The summed E-state index contributed by atoms with van der Waals surface area (Å²) in [5.41, 5.74) is 2.51. The van der Waals surface area contributed by atoms with E-state index in [0.29, 0.717) is 6.04 Å². The van der Waals surface area contributed by atoms with Gasteiger partial charge in [0, 0.05) is 63.3 Å². The summed E-state index contributed by atoms with van der Waals surface area (Å²) in [6, 6.07) is 14.2. The maximum Gasteiger partial charge on any atom is 0.253 e. The van der Waals surface area contributed by atoms with Crippen LogP contribution in [0.4, 0.5) is 5.69 Å². The summed E-state index contributed by atoms with van der Waals surface area (Å²) >= 11 is 0. The molecule has 144 valence electrons. The molecule has 0 bridgehead atoms. The van der Waals surface area contributed by atoms with Crippen molar-refractivity contribution in [3.05, 3.63) is 59.9 Å². The van der Waals surface area contributed by atoms with Crippen LogP contribution < -0.4 is 4.90 Å². The van der Waals surface area contributed by atoms with Crippen molar-refractivity contribution in [2.45, 2.75) is 18.9 Å². The van der Waals surface area contributed by atoms with E-state index in [1.807, 2.05) is 29.2 Å². The largest absolute Gasteiger partial charge is 0.368 e. The van der Waals surface area contributed by atoms with Crippen molar-refractivity contribution >= 4 is 11.6 Å². The third kappa shape index (κ3) is 3.85. The van der Waals surface area contributed by atoms with Crippen molar-refractivity contribution in [1.29, 1.82) is 5.26 Å². The van der Waals surface area contributed by atoms with Gasteiger partial charge in [0.2, 0.25) is 0 Å². The van der Waals surface area contributed by atoms with Gasteiger partial charge in [0.05, 0.1) is 11.3 Å². The first-order valence-corrected chi connectivity index (χ1v) is 9.93. The second kappa shape index (κ2) is 8.41. The lowest BCUT2D eigenvalue weighted by Crippen LogP contribution is -2.54. The smallest absolute Gasteiger partial charge is 0.253 e. The number of benzene rings is 1. The summed E-state index contributed by atoms with van der Waals surface area (Å²) < 4.78 is 0. The fraction of sp³-hybridized carbons (Fsp3) is 0.409. The Bertz CT molecular complexity index is 847. The molecule has 0 aliphatic carbocycles. The highest BCUT2D eigenvalue weighted by atomic mass is 16.2. The minimum Gasteiger partial charge on any atom is -0.368 e. The van der Waals surface area contributed by atoms with Crippen molar-refractivity contribution in [1.82, 2.24) is 14.8 Å². The SMILES string of the molecule is N#Cc1ccccc1N1CCN(C2CCN(C(=O)c3ccncc3)CC2)CC1. The molecule has 6 heteroatoms. The Morgan fingerprint density at radius 1 is 0.964 bits per heavy atom. The maximum absolute atomic E-state index is 12.6. The number of rotatable bonds is 3. The molecule has 28 heavy (non-hydrogen) atoms. The normalized spacial score (nSPS) is 18.7. The lowest BCUT2D eigenvalue weighted by Gasteiger charge is -2.43. The number of nitriles is 1. The Balaban J connectivity index is 1.30. The molecule has 0 unspecified atom stereocenters. The zero-order valence-electron chi connectivity index (χ0n) is 16.0. The van der Waals surface area contributed by atoms with Gasteiger partial charge in [-0.25, -0.2) is 0 Å². The van der Waals surface area contributed by atoms with E-state index in [4.69, 9.17) is 0 Å². The Kier molecular flexibility index (Phi) is 5.54. The molecule has 1 amide bonds. The third-order valence-corrected chi connectivity index (χ3v) is 5.87. The molecule has 4 rings (SSSR count). The molecular formula is C22H25N5O. The number of aromatic nitrogens is 1. The summed E-state index contributed by atoms with van der Waals surface area (Å²) in [4.78, 5) is 23.4. The van der Waals surface area contributed by atoms with Gasteiger partial charge in [-0.2, -0.15) is 5.26 Å². The van der Waals surface area contributed by atoms with Crippen LogP contribution in [0, 0.1) is 11.3 Å². The predicted octanol–water partition coefficient (Wildman–Crippen LogP) is 2.38. The van der Waals surface area contributed by atoms with E-state index in [9.17, 15) is 10.1 Å². The zero-order valence-corrected chi connectivity index (χ0v) is 16.0. The molecule has 1 aromatic carbocycles. The van der Waals surface area contributed by atoms with Gasteiger partial charge in [-0.15, -0.1) is 0 Å². The van der Waals surface area contributed by atoms with Crippen molar-refractivity contribution in [2.75, 3.05) is 44.2 Å². The minimum atomic E-state index is 0.110. The molecule has 0 saturated carbocycles. The molecule has 2 aliphatic rings. The standard InChI is InChI=1S/C22H25N5O/c23-17-19-3-1-2-4-21(19)26-15-13-25(14-16-26)20-7-11-27(12-8-20)22(28)18-5-9-24-10-6-18/h1-6,9-10,20H,7-8,11-16H2. The van der Waals surface area contributed by atoms with Crippen molar-refractivity contribution in [3.63, 3.8) is 0 Å². The topological polar surface area (TPSA) is 63.5 Å². The molecule has 1 aromatic heterocycles. The van der Waals surface area contributed by atoms with Gasteiger partial charge in [-0.05, 0) is 37.1 Å². The highest BCUT2D eigenvalue weighted by Crippen LogP contribution is 2.24. The van der Waals surface area contributed by atoms with Crippen LogP contribution in [0.1, 0.15) is 28.8 Å². The minimum absolute atomic E-state index is 0.110. The summed E-state index contributed by atoms with van der Waals surface area (Å²) in [5.74, 6) is 0.110. The lowest BCUT2D eigenvalue weighted by molar-refractivity contribution is 0.0611. The lowest BCUT2D eigenvalue weighted by atomic mass is 10.0. The number of piperidine rings is 1. The van der Waals surface area contributed by atoms with E-state index in [1.165, 1.54) is 0 Å². The van der Waals surface area contributed by atoms with E-state index in [0.717, 1.165) is 68.9 Å². The molecule has 2 saturated heterocycles. The number of hydrogen-bond acceptors (Lipinski definition) is 5. The van der Waals surface area contributed by atoms with Crippen LogP contribution >= 0.6 is 0 Å². The third-order valence-electron chi connectivity index (χ3n) is 5.87. The van der Waals surface area contributed by atoms with Crippen molar-refractivity contribution in [2.24, 2.45) is 0 Å². The van der Waals surface area contributed by atoms with Crippen LogP contribution in [-0.4, -0.2) is 66.0 Å². The molecule has 6 nitrogen and oxygen atoms in total. The van der Waals surface area contributed by atoms with Crippen molar-refractivity contribution < 1.29 is 4.79 Å². The molecule has 0 atom stereocenters. The number of carbonyl (C=O) groups is 1. The van der Waals surface area contributed by atoms with Gasteiger partial charge >= 0.3 is 0 Å². The quantitative estimate of drug-likeness (QED) is 0.824. The summed E-state index contributed by atoms with van der Waals surface area (Å²) in [7, 11) is 0.